The molecule has 4 aromatic rings. The number of benzene rings is 2. The van der Waals surface area contributed by atoms with Crippen molar-refractivity contribution >= 4 is 56.9 Å². The molecule has 0 fully saturated rings. The molecular weight excluding hydrogens is 443 g/mol. The van der Waals surface area contributed by atoms with Gasteiger partial charge < -0.3 is 10.6 Å². The maximum atomic E-state index is 4.76. The van der Waals surface area contributed by atoms with Crippen molar-refractivity contribution in [2.45, 2.75) is 13.8 Å². The molecule has 0 amide bonds. The lowest BCUT2D eigenvalue weighted by Gasteiger charge is -2.14. The molecule has 0 spiro atoms. The van der Waals surface area contributed by atoms with Gasteiger partial charge in [0.1, 0.15) is 0 Å². The van der Waals surface area contributed by atoms with Gasteiger partial charge in [-0.1, -0.05) is 24.3 Å². The van der Waals surface area contributed by atoms with Crippen LogP contribution < -0.4 is 10.6 Å². The molecule has 0 saturated carbocycles. The molecule has 0 unspecified atom stereocenters. The van der Waals surface area contributed by atoms with Crippen molar-refractivity contribution in [2.24, 2.45) is 0 Å². The van der Waals surface area contributed by atoms with Crippen molar-refractivity contribution in [3.05, 3.63) is 57.2 Å². The highest BCUT2D eigenvalue weighted by atomic mass is 127. The monoisotopic (exact) mass is 458 g/mol. The molecule has 4 rings (SSSR count). The van der Waals surface area contributed by atoms with Gasteiger partial charge in [0.25, 0.3) is 0 Å². The zero-order chi connectivity index (χ0) is 18.1. The van der Waals surface area contributed by atoms with Gasteiger partial charge in [0.15, 0.2) is 11.6 Å². The molecule has 0 saturated heterocycles. The summed E-state index contributed by atoms with van der Waals surface area (Å²) >= 11 is 2.27. The van der Waals surface area contributed by atoms with Crippen LogP contribution in [0.4, 0.5) is 23.0 Å². The van der Waals surface area contributed by atoms with E-state index in [1.54, 1.807) is 0 Å². The van der Waals surface area contributed by atoms with Gasteiger partial charge in [0.05, 0.1) is 5.69 Å². The second kappa shape index (κ2) is 6.87. The zero-order valence-corrected chi connectivity index (χ0v) is 16.3. The van der Waals surface area contributed by atoms with E-state index in [1.165, 1.54) is 5.56 Å². The lowest BCUT2D eigenvalue weighted by Crippen LogP contribution is -2.05. The van der Waals surface area contributed by atoms with Crippen molar-refractivity contribution in [2.75, 3.05) is 10.6 Å². The SMILES string of the molecule is Cc1cccc(Nc2nc3nonc3nc2Nc2ccccc2I)c1C. The molecule has 26 heavy (non-hydrogen) atoms. The Labute approximate surface area is 163 Å². The predicted octanol–water partition coefficient (Wildman–Crippen LogP) is 4.72. The van der Waals surface area contributed by atoms with E-state index >= 15 is 0 Å². The lowest BCUT2D eigenvalue weighted by molar-refractivity contribution is 0.314. The summed E-state index contributed by atoms with van der Waals surface area (Å²) in [6.07, 6.45) is 0. The second-order valence-corrected chi connectivity index (χ2v) is 6.97. The third-order valence-corrected chi connectivity index (χ3v) is 5.04. The Balaban J connectivity index is 1.79. The molecule has 7 nitrogen and oxygen atoms in total. The molecule has 0 radical (unpaired) electrons. The molecule has 2 N–H and O–H groups in total. The molecule has 2 aromatic heterocycles. The fraction of sp³-hybridized carbons (Fsp3) is 0.111. The minimum absolute atomic E-state index is 0.352. The highest BCUT2D eigenvalue weighted by Crippen LogP contribution is 2.30. The highest BCUT2D eigenvalue weighted by Gasteiger charge is 2.15. The summed E-state index contributed by atoms with van der Waals surface area (Å²) in [5, 5.41) is 14.3. The van der Waals surface area contributed by atoms with Crippen LogP contribution in [-0.4, -0.2) is 20.3 Å². The van der Waals surface area contributed by atoms with E-state index in [4.69, 9.17) is 4.63 Å². The standard InChI is InChI=1S/C18H15IN6O/c1-10-6-5-9-13(11(10)2)20-15-16(21-14-8-4-3-7-12(14)19)23-18-17(22-15)24-26-25-18/h3-9H,1-2H3,(H,20,22,24)(H,21,23,25). The van der Waals surface area contributed by atoms with Crippen molar-refractivity contribution < 1.29 is 4.63 Å². The topological polar surface area (TPSA) is 88.8 Å². The summed E-state index contributed by atoms with van der Waals surface area (Å²) in [6, 6.07) is 14.0. The van der Waals surface area contributed by atoms with Crippen LogP contribution in [0.5, 0.6) is 0 Å². The van der Waals surface area contributed by atoms with Crippen LogP contribution in [0.1, 0.15) is 11.1 Å². The number of nitrogens with one attached hydrogen (secondary N) is 2. The van der Waals surface area contributed by atoms with Gasteiger partial charge in [0.2, 0.25) is 11.3 Å². The Morgan fingerprint density at radius 2 is 1.42 bits per heavy atom. The van der Waals surface area contributed by atoms with Gasteiger partial charge in [0, 0.05) is 9.26 Å². The molecule has 0 aliphatic rings. The Morgan fingerprint density at radius 3 is 2.12 bits per heavy atom. The number of para-hydroxylation sites is 1. The summed E-state index contributed by atoms with van der Waals surface area (Å²) in [4.78, 5) is 9.03. The summed E-state index contributed by atoms with van der Waals surface area (Å²) in [5.74, 6) is 1.11. The first-order chi connectivity index (χ1) is 12.6. The predicted molar refractivity (Wildman–Crippen MR) is 109 cm³/mol. The molecule has 0 aliphatic carbocycles. The number of aryl methyl sites for hydroxylation is 1. The quantitative estimate of drug-likeness (QED) is 0.428. The van der Waals surface area contributed by atoms with E-state index < -0.39 is 0 Å². The summed E-state index contributed by atoms with van der Waals surface area (Å²) in [5.41, 5.74) is 4.94. The zero-order valence-electron chi connectivity index (χ0n) is 14.1. The van der Waals surface area contributed by atoms with E-state index in [0.717, 1.165) is 20.5 Å². The summed E-state index contributed by atoms with van der Waals surface area (Å²) < 4.78 is 5.83. The maximum absolute atomic E-state index is 4.76. The van der Waals surface area contributed by atoms with Gasteiger partial charge in [-0.3, -0.25) is 0 Å². The van der Waals surface area contributed by atoms with Crippen molar-refractivity contribution in [3.63, 3.8) is 0 Å². The van der Waals surface area contributed by atoms with E-state index in [1.807, 2.05) is 36.4 Å². The van der Waals surface area contributed by atoms with Gasteiger partial charge in [-0.25, -0.2) is 14.6 Å². The third-order valence-electron chi connectivity index (χ3n) is 4.10. The van der Waals surface area contributed by atoms with Crippen LogP contribution in [0.15, 0.2) is 47.1 Å². The number of halogens is 1. The average Bonchev–Trinajstić information content (AvgIpc) is 3.08. The van der Waals surface area contributed by atoms with Gasteiger partial charge in [-0.2, -0.15) is 0 Å². The average molecular weight is 458 g/mol. The van der Waals surface area contributed by atoms with Crippen LogP contribution in [0.2, 0.25) is 0 Å². The number of nitrogens with zero attached hydrogens (tertiary/aromatic N) is 4. The van der Waals surface area contributed by atoms with E-state index in [0.29, 0.717) is 22.9 Å². The molecule has 0 bridgehead atoms. The van der Waals surface area contributed by atoms with Crippen molar-refractivity contribution in [3.8, 4) is 0 Å². The van der Waals surface area contributed by atoms with Crippen LogP contribution in [0, 0.1) is 17.4 Å². The van der Waals surface area contributed by atoms with Crippen LogP contribution in [0.25, 0.3) is 11.3 Å². The number of aromatic nitrogens is 4. The largest absolute Gasteiger partial charge is 0.337 e. The van der Waals surface area contributed by atoms with Gasteiger partial charge >= 0.3 is 0 Å². The maximum Gasteiger partial charge on any atom is 0.245 e. The normalized spacial score (nSPS) is 10.9. The van der Waals surface area contributed by atoms with Crippen LogP contribution in [0.3, 0.4) is 0 Å². The lowest BCUT2D eigenvalue weighted by atomic mass is 10.1. The first kappa shape index (κ1) is 16.7. The fourth-order valence-corrected chi connectivity index (χ4v) is 3.04. The Bertz CT molecular complexity index is 1090. The van der Waals surface area contributed by atoms with Crippen LogP contribution in [-0.2, 0) is 0 Å². The van der Waals surface area contributed by atoms with Crippen molar-refractivity contribution in [1.29, 1.82) is 0 Å². The summed E-state index contributed by atoms with van der Waals surface area (Å²) in [7, 11) is 0. The first-order valence-electron chi connectivity index (χ1n) is 7.97. The molecule has 0 atom stereocenters. The number of hydrogen-bond acceptors (Lipinski definition) is 7. The van der Waals surface area contributed by atoms with E-state index in [9.17, 15) is 0 Å². The summed E-state index contributed by atoms with van der Waals surface area (Å²) in [6.45, 7) is 4.14. The molecule has 2 heterocycles. The van der Waals surface area contributed by atoms with Crippen molar-refractivity contribution in [1.82, 2.24) is 20.3 Å². The minimum Gasteiger partial charge on any atom is -0.337 e. The second-order valence-electron chi connectivity index (χ2n) is 5.81. The van der Waals surface area contributed by atoms with E-state index in [-0.39, 0.29) is 0 Å². The third kappa shape index (κ3) is 3.19. The highest BCUT2D eigenvalue weighted by molar-refractivity contribution is 14.1. The smallest absolute Gasteiger partial charge is 0.245 e. The molecule has 8 heteroatoms. The number of hydrogen-bond donors (Lipinski definition) is 2. The number of rotatable bonds is 4. The van der Waals surface area contributed by atoms with Crippen LogP contribution >= 0.6 is 22.6 Å². The molecule has 0 aliphatic heterocycles. The van der Waals surface area contributed by atoms with E-state index in [2.05, 4.69) is 73.4 Å². The Hall–Kier alpha value is -2.75. The molecular formula is C18H15IN6O. The van der Waals surface area contributed by atoms with Gasteiger partial charge in [-0.05, 0) is 76.1 Å². The number of anilines is 4. The fourth-order valence-electron chi connectivity index (χ4n) is 2.52. The Kier molecular flexibility index (Phi) is 4.41. The first-order valence-corrected chi connectivity index (χ1v) is 9.05. The molecule has 2 aromatic carbocycles. The Morgan fingerprint density at radius 1 is 0.808 bits per heavy atom. The minimum atomic E-state index is 0.352. The number of fused-ring (bicyclic) bond motifs is 1. The van der Waals surface area contributed by atoms with Gasteiger partial charge in [-0.15, -0.1) is 0 Å². The molecule has 130 valence electrons.